The second-order valence-corrected chi connectivity index (χ2v) is 3.86. The predicted molar refractivity (Wildman–Crippen MR) is 67.6 cm³/mol. The summed E-state index contributed by atoms with van der Waals surface area (Å²) in [5.74, 6) is 1.55. The molecule has 0 aliphatic rings. The third-order valence-corrected chi connectivity index (χ3v) is 2.81. The Balaban J connectivity index is 3.05. The average molecular weight is 234 g/mol. The molecule has 4 nitrogen and oxygen atoms in total. The van der Waals surface area contributed by atoms with Crippen LogP contribution in [0.3, 0.4) is 0 Å². The summed E-state index contributed by atoms with van der Waals surface area (Å²) >= 11 is 0. The van der Waals surface area contributed by atoms with Crippen LogP contribution in [0.25, 0.3) is 0 Å². The molecular formula is C13H18N2O2. The average Bonchev–Trinajstić information content (AvgIpc) is 2.37. The highest BCUT2D eigenvalue weighted by Gasteiger charge is 2.14. The molecule has 0 aromatic heterocycles. The molecule has 0 saturated heterocycles. The van der Waals surface area contributed by atoms with Gasteiger partial charge in [0.1, 0.15) is 11.5 Å². The van der Waals surface area contributed by atoms with E-state index in [-0.39, 0.29) is 6.04 Å². The molecule has 1 unspecified atom stereocenters. The van der Waals surface area contributed by atoms with Gasteiger partial charge >= 0.3 is 0 Å². The number of nitrogens with zero attached hydrogens (tertiary/aromatic N) is 2. The molecular weight excluding hydrogens is 216 g/mol. The molecule has 1 aromatic rings. The van der Waals surface area contributed by atoms with Gasteiger partial charge in [0, 0.05) is 19.2 Å². The number of ether oxygens (including phenoxy) is 2. The van der Waals surface area contributed by atoms with Crippen LogP contribution in [-0.2, 0) is 0 Å². The zero-order valence-electron chi connectivity index (χ0n) is 10.7. The number of hydrogen-bond donors (Lipinski definition) is 0. The van der Waals surface area contributed by atoms with Crippen molar-refractivity contribution < 1.29 is 9.47 Å². The molecule has 0 aliphatic carbocycles. The molecule has 17 heavy (non-hydrogen) atoms. The molecule has 0 spiro atoms. The Hall–Kier alpha value is -1.89. The molecule has 1 rings (SSSR count). The minimum absolute atomic E-state index is 0.126. The van der Waals surface area contributed by atoms with Gasteiger partial charge in [0.2, 0.25) is 0 Å². The molecule has 0 heterocycles. The van der Waals surface area contributed by atoms with Gasteiger partial charge < -0.3 is 14.4 Å². The summed E-state index contributed by atoms with van der Waals surface area (Å²) in [6.45, 7) is 2.00. The lowest BCUT2D eigenvalue weighted by Crippen LogP contribution is -2.28. The van der Waals surface area contributed by atoms with E-state index in [0.717, 1.165) is 17.2 Å². The van der Waals surface area contributed by atoms with Crippen molar-refractivity contribution in [3.63, 3.8) is 0 Å². The van der Waals surface area contributed by atoms with Crippen molar-refractivity contribution in [3.05, 3.63) is 18.2 Å². The van der Waals surface area contributed by atoms with E-state index < -0.39 is 0 Å². The molecule has 0 N–H and O–H groups in total. The number of benzene rings is 1. The summed E-state index contributed by atoms with van der Waals surface area (Å²) in [6.07, 6.45) is 0.469. The lowest BCUT2D eigenvalue weighted by molar-refractivity contribution is 0.402. The fraction of sp³-hybridized carbons (Fsp3) is 0.462. The molecule has 0 amide bonds. The quantitative estimate of drug-likeness (QED) is 0.785. The Kier molecular flexibility index (Phi) is 4.65. The Labute approximate surface area is 102 Å². The fourth-order valence-electron chi connectivity index (χ4n) is 1.58. The van der Waals surface area contributed by atoms with Gasteiger partial charge in [0.15, 0.2) is 0 Å². The smallest absolute Gasteiger partial charge is 0.142 e. The lowest BCUT2D eigenvalue weighted by atomic mass is 10.2. The van der Waals surface area contributed by atoms with Crippen molar-refractivity contribution in [1.82, 2.24) is 0 Å². The molecule has 0 aliphatic heterocycles. The van der Waals surface area contributed by atoms with Gasteiger partial charge in [-0.05, 0) is 19.1 Å². The molecule has 0 bridgehead atoms. The van der Waals surface area contributed by atoms with E-state index in [9.17, 15) is 0 Å². The van der Waals surface area contributed by atoms with Gasteiger partial charge in [0.25, 0.3) is 0 Å². The monoisotopic (exact) mass is 234 g/mol. The fourth-order valence-corrected chi connectivity index (χ4v) is 1.58. The van der Waals surface area contributed by atoms with E-state index in [1.54, 1.807) is 14.2 Å². The summed E-state index contributed by atoms with van der Waals surface area (Å²) in [5, 5.41) is 8.73. The summed E-state index contributed by atoms with van der Waals surface area (Å²) in [5.41, 5.74) is 0.926. The van der Waals surface area contributed by atoms with Crippen molar-refractivity contribution in [2.24, 2.45) is 0 Å². The Morgan fingerprint density at radius 2 is 2.06 bits per heavy atom. The van der Waals surface area contributed by atoms with Gasteiger partial charge in [-0.3, -0.25) is 0 Å². The zero-order chi connectivity index (χ0) is 12.8. The standard InChI is InChI=1S/C13H18N2O2/c1-10(7-8-14)15(2)12-9-11(16-3)5-6-13(12)17-4/h5-6,9-10H,7H2,1-4H3. The van der Waals surface area contributed by atoms with E-state index >= 15 is 0 Å². The first-order chi connectivity index (χ1) is 8.13. The normalized spacial score (nSPS) is 11.5. The van der Waals surface area contributed by atoms with Crippen molar-refractivity contribution in [2.45, 2.75) is 19.4 Å². The molecule has 0 saturated carbocycles. The maximum absolute atomic E-state index is 8.73. The van der Waals surface area contributed by atoms with Crippen LogP contribution in [0.15, 0.2) is 18.2 Å². The van der Waals surface area contributed by atoms with Crippen molar-refractivity contribution in [1.29, 1.82) is 5.26 Å². The zero-order valence-corrected chi connectivity index (χ0v) is 10.7. The van der Waals surface area contributed by atoms with E-state index in [1.807, 2.05) is 37.1 Å². The summed E-state index contributed by atoms with van der Waals surface area (Å²) in [4.78, 5) is 2.02. The van der Waals surface area contributed by atoms with Crippen LogP contribution in [0, 0.1) is 11.3 Å². The highest BCUT2D eigenvalue weighted by atomic mass is 16.5. The topological polar surface area (TPSA) is 45.5 Å². The minimum atomic E-state index is 0.126. The molecule has 0 radical (unpaired) electrons. The van der Waals surface area contributed by atoms with Gasteiger partial charge in [-0.25, -0.2) is 0 Å². The number of nitriles is 1. The van der Waals surface area contributed by atoms with Crippen LogP contribution in [0.2, 0.25) is 0 Å². The SMILES string of the molecule is COc1ccc(OC)c(N(C)C(C)CC#N)c1. The molecule has 1 atom stereocenters. The van der Waals surface area contributed by atoms with Crippen molar-refractivity contribution in [3.8, 4) is 17.6 Å². The first kappa shape index (κ1) is 13.2. The second kappa shape index (κ2) is 6.00. The summed E-state index contributed by atoms with van der Waals surface area (Å²) in [6, 6.07) is 7.92. The summed E-state index contributed by atoms with van der Waals surface area (Å²) < 4.78 is 10.5. The molecule has 92 valence electrons. The third-order valence-electron chi connectivity index (χ3n) is 2.81. The maximum atomic E-state index is 8.73. The van der Waals surface area contributed by atoms with E-state index in [1.165, 1.54) is 0 Å². The molecule has 0 fully saturated rings. The van der Waals surface area contributed by atoms with Crippen LogP contribution in [0.5, 0.6) is 11.5 Å². The first-order valence-corrected chi connectivity index (χ1v) is 5.45. The minimum Gasteiger partial charge on any atom is -0.497 e. The first-order valence-electron chi connectivity index (χ1n) is 5.45. The van der Waals surface area contributed by atoms with Gasteiger partial charge in [-0.15, -0.1) is 0 Å². The highest BCUT2D eigenvalue weighted by molar-refractivity contribution is 5.61. The van der Waals surface area contributed by atoms with Crippen LogP contribution in [0.1, 0.15) is 13.3 Å². The maximum Gasteiger partial charge on any atom is 0.142 e. The molecule has 1 aromatic carbocycles. The van der Waals surface area contributed by atoms with Gasteiger partial charge in [-0.1, -0.05) is 0 Å². The van der Waals surface area contributed by atoms with Crippen LogP contribution in [0.4, 0.5) is 5.69 Å². The van der Waals surface area contributed by atoms with Crippen LogP contribution >= 0.6 is 0 Å². The Bertz CT molecular complexity index is 412. The largest absolute Gasteiger partial charge is 0.497 e. The number of anilines is 1. The van der Waals surface area contributed by atoms with E-state index in [2.05, 4.69) is 6.07 Å². The number of methoxy groups -OCH3 is 2. The van der Waals surface area contributed by atoms with Crippen LogP contribution in [-0.4, -0.2) is 27.3 Å². The Morgan fingerprint density at radius 3 is 2.59 bits per heavy atom. The lowest BCUT2D eigenvalue weighted by Gasteiger charge is -2.27. The van der Waals surface area contributed by atoms with Crippen molar-refractivity contribution in [2.75, 3.05) is 26.2 Å². The molecule has 4 heteroatoms. The van der Waals surface area contributed by atoms with Gasteiger partial charge in [0.05, 0.1) is 32.4 Å². The van der Waals surface area contributed by atoms with Crippen LogP contribution < -0.4 is 14.4 Å². The number of rotatable bonds is 5. The van der Waals surface area contributed by atoms with Gasteiger partial charge in [-0.2, -0.15) is 5.26 Å². The predicted octanol–water partition coefficient (Wildman–Crippen LogP) is 2.44. The number of hydrogen-bond acceptors (Lipinski definition) is 4. The second-order valence-electron chi connectivity index (χ2n) is 3.86. The third kappa shape index (κ3) is 3.04. The van der Waals surface area contributed by atoms with Crippen molar-refractivity contribution >= 4 is 5.69 Å². The Morgan fingerprint density at radius 1 is 1.35 bits per heavy atom. The van der Waals surface area contributed by atoms with E-state index in [0.29, 0.717) is 6.42 Å². The summed E-state index contributed by atoms with van der Waals surface area (Å²) in [7, 11) is 5.21. The van der Waals surface area contributed by atoms with E-state index in [4.69, 9.17) is 14.7 Å². The highest BCUT2D eigenvalue weighted by Crippen LogP contribution is 2.32.